The molecule has 4 nitrogen and oxygen atoms in total. The highest BCUT2D eigenvalue weighted by Gasteiger charge is 2.44. The summed E-state index contributed by atoms with van der Waals surface area (Å²) in [5, 5.41) is 3.11. The summed E-state index contributed by atoms with van der Waals surface area (Å²) in [4.78, 5) is 16.4. The summed E-state index contributed by atoms with van der Waals surface area (Å²) >= 11 is 3.08. The van der Waals surface area contributed by atoms with E-state index in [9.17, 15) is 4.79 Å². The molecule has 1 aliphatic carbocycles. The summed E-state index contributed by atoms with van der Waals surface area (Å²) in [5.74, 6) is 0. The molecule has 2 amide bonds. The lowest BCUT2D eigenvalue weighted by molar-refractivity contribution is 0.0855. The van der Waals surface area contributed by atoms with Gasteiger partial charge in [-0.1, -0.05) is 40.9 Å². The molecule has 0 bridgehead atoms. The minimum atomic E-state index is -2.52. The molecule has 2 saturated heterocycles. The summed E-state index contributed by atoms with van der Waals surface area (Å²) in [5.41, 5.74) is -0.0899. The zero-order valence-corrected chi connectivity index (χ0v) is 15.7. The number of amides is 2. The fourth-order valence-electron chi connectivity index (χ4n) is 4.48. The number of rotatable bonds is 3. The second-order valence-electron chi connectivity index (χ2n) is 7.21. The number of likely N-dealkylation sites (tertiary alicyclic amines) is 1. The number of hydrogen-bond donors (Lipinski definition) is 1. The molecule has 0 aromatic heterocycles. The van der Waals surface area contributed by atoms with Crippen molar-refractivity contribution >= 4 is 22.0 Å². The standard InChI is InChI=1S/C20H28BrN3O/c1-14(15-6-8-16(21)9-7-15)23-12-10-17(11-13-23)24-19-5-3-2-4-18(19)22-20(24)25/h6-9,14,17-19H,2-5,10-13H2,1H3,(H,22,25)/i1D3,6D,7D,8D,9D. The van der Waals surface area contributed by atoms with Crippen LogP contribution in [-0.4, -0.2) is 47.0 Å². The molecule has 25 heavy (non-hydrogen) atoms. The normalized spacial score (nSPS) is 33.9. The van der Waals surface area contributed by atoms with Gasteiger partial charge in [-0.25, -0.2) is 4.79 Å². The van der Waals surface area contributed by atoms with E-state index in [-0.39, 0.29) is 58.4 Å². The summed E-state index contributed by atoms with van der Waals surface area (Å²) < 4.78 is 57.3. The van der Waals surface area contributed by atoms with Gasteiger partial charge in [0.15, 0.2) is 0 Å². The van der Waals surface area contributed by atoms with E-state index in [1.807, 2.05) is 4.90 Å². The predicted octanol–water partition coefficient (Wildman–Crippen LogP) is 4.31. The van der Waals surface area contributed by atoms with E-state index in [0.717, 1.165) is 25.7 Å². The molecule has 1 N–H and O–H groups in total. The number of carbonyl (C=O) groups is 1. The van der Waals surface area contributed by atoms with E-state index >= 15 is 0 Å². The summed E-state index contributed by atoms with van der Waals surface area (Å²) in [6, 6.07) is -2.03. The van der Waals surface area contributed by atoms with Crippen LogP contribution in [0.1, 0.15) is 66.6 Å². The van der Waals surface area contributed by atoms with Crippen molar-refractivity contribution in [2.24, 2.45) is 0 Å². The fraction of sp³-hybridized carbons (Fsp3) is 0.650. The Morgan fingerprint density at radius 3 is 2.64 bits per heavy atom. The van der Waals surface area contributed by atoms with E-state index in [1.54, 1.807) is 4.90 Å². The maximum Gasteiger partial charge on any atom is 0.318 e. The summed E-state index contributed by atoms with van der Waals surface area (Å²) in [6.45, 7) is -1.71. The van der Waals surface area contributed by atoms with Crippen LogP contribution in [-0.2, 0) is 0 Å². The molecule has 1 saturated carbocycles. The van der Waals surface area contributed by atoms with Crippen molar-refractivity contribution in [2.45, 2.75) is 69.5 Å². The van der Waals surface area contributed by atoms with Crippen LogP contribution < -0.4 is 5.32 Å². The Kier molecular flexibility index (Phi) is 3.18. The third kappa shape index (κ3) is 3.45. The van der Waals surface area contributed by atoms with Crippen LogP contribution in [0.4, 0.5) is 4.79 Å². The van der Waals surface area contributed by atoms with Gasteiger partial charge in [0, 0.05) is 33.8 Å². The monoisotopic (exact) mass is 412 g/mol. The van der Waals surface area contributed by atoms with Gasteiger partial charge in [0.25, 0.3) is 0 Å². The number of nitrogens with zero attached hydrogens (tertiary/aromatic N) is 2. The molecule has 3 unspecified atom stereocenters. The maximum absolute atomic E-state index is 12.6. The van der Waals surface area contributed by atoms with E-state index in [1.165, 1.54) is 0 Å². The lowest BCUT2D eigenvalue weighted by Gasteiger charge is -2.42. The lowest BCUT2D eigenvalue weighted by Crippen LogP contribution is -2.50. The molecule has 3 atom stereocenters. The second-order valence-corrected chi connectivity index (χ2v) is 8.01. The third-order valence-corrected chi connectivity index (χ3v) is 6.17. The Balaban J connectivity index is 1.58. The molecule has 0 radical (unpaired) electrons. The Hall–Kier alpha value is -1.07. The van der Waals surface area contributed by atoms with Gasteiger partial charge < -0.3 is 10.2 Å². The Morgan fingerprint density at radius 1 is 1.20 bits per heavy atom. The number of fused-ring (bicyclic) bond motifs is 1. The number of carbonyl (C=O) groups excluding carboxylic acids is 1. The first-order valence-electron chi connectivity index (χ1n) is 12.6. The fourth-order valence-corrected chi connectivity index (χ4v) is 4.68. The largest absolute Gasteiger partial charge is 0.333 e. The number of benzene rings is 1. The quantitative estimate of drug-likeness (QED) is 0.802. The number of nitrogens with one attached hydrogen (secondary N) is 1. The Morgan fingerprint density at radius 2 is 1.92 bits per heavy atom. The Bertz CT molecular complexity index is 875. The second kappa shape index (κ2) is 7.28. The van der Waals surface area contributed by atoms with E-state index in [0.29, 0.717) is 25.9 Å². The molecule has 4 rings (SSSR count). The topological polar surface area (TPSA) is 35.6 Å². The highest BCUT2D eigenvalue weighted by molar-refractivity contribution is 9.10. The minimum absolute atomic E-state index is 0.0276. The molecule has 0 spiro atoms. The third-order valence-electron chi connectivity index (χ3n) is 5.78. The SMILES string of the molecule is [2H]c1c([2H])c(C(N2CCC(N3C(=O)NC4CCCCC43)CC2)C([2H])([2H])[2H])c([2H])c([2H])c1Br. The molecule has 2 heterocycles. The van der Waals surface area contributed by atoms with Crippen molar-refractivity contribution in [3.63, 3.8) is 0 Å². The van der Waals surface area contributed by atoms with Crippen molar-refractivity contribution in [1.29, 1.82) is 0 Å². The zero-order chi connectivity index (χ0) is 23.4. The van der Waals surface area contributed by atoms with Gasteiger partial charge in [0.05, 0.1) is 17.6 Å². The van der Waals surface area contributed by atoms with E-state index < -0.39 is 12.9 Å². The first-order valence-corrected chi connectivity index (χ1v) is 9.90. The number of hydrogen-bond acceptors (Lipinski definition) is 2. The summed E-state index contributed by atoms with van der Waals surface area (Å²) in [6.07, 6.45) is 5.45. The van der Waals surface area contributed by atoms with Crippen LogP contribution in [0, 0.1) is 0 Å². The van der Waals surface area contributed by atoms with Gasteiger partial charge in [-0.15, -0.1) is 0 Å². The van der Waals surface area contributed by atoms with Gasteiger partial charge in [-0.2, -0.15) is 0 Å². The van der Waals surface area contributed by atoms with E-state index in [2.05, 4.69) is 21.2 Å². The van der Waals surface area contributed by atoms with Crippen LogP contribution >= 0.6 is 15.9 Å². The number of urea groups is 1. The number of piperidine rings is 1. The van der Waals surface area contributed by atoms with Crippen LogP contribution in [0.3, 0.4) is 0 Å². The molecule has 1 aromatic carbocycles. The number of halogens is 1. The van der Waals surface area contributed by atoms with Crippen LogP contribution in [0.5, 0.6) is 0 Å². The van der Waals surface area contributed by atoms with Crippen molar-refractivity contribution in [2.75, 3.05) is 13.1 Å². The smallest absolute Gasteiger partial charge is 0.318 e. The highest BCUT2D eigenvalue weighted by Crippen LogP contribution is 2.33. The van der Waals surface area contributed by atoms with Crippen LogP contribution in [0.15, 0.2) is 28.6 Å². The van der Waals surface area contributed by atoms with Gasteiger partial charge in [-0.3, -0.25) is 4.90 Å². The van der Waals surface area contributed by atoms with Crippen LogP contribution in [0.2, 0.25) is 0 Å². The first-order chi connectivity index (χ1) is 15.0. The van der Waals surface area contributed by atoms with Crippen molar-refractivity contribution < 1.29 is 14.4 Å². The maximum atomic E-state index is 12.6. The van der Waals surface area contributed by atoms with Gasteiger partial charge in [0.2, 0.25) is 0 Å². The summed E-state index contributed by atoms with van der Waals surface area (Å²) in [7, 11) is 0. The van der Waals surface area contributed by atoms with Gasteiger partial charge in [0.1, 0.15) is 0 Å². The zero-order valence-electron chi connectivity index (χ0n) is 21.1. The average molecular weight is 413 g/mol. The first kappa shape index (κ1) is 10.9. The lowest BCUT2D eigenvalue weighted by atomic mass is 9.89. The molecular weight excluding hydrogens is 378 g/mol. The molecule has 136 valence electrons. The predicted molar refractivity (Wildman–Crippen MR) is 104 cm³/mol. The van der Waals surface area contributed by atoms with E-state index in [4.69, 9.17) is 9.60 Å². The average Bonchev–Trinajstić information content (AvgIpc) is 3.09. The van der Waals surface area contributed by atoms with Crippen molar-refractivity contribution in [3.8, 4) is 0 Å². The minimum Gasteiger partial charge on any atom is -0.333 e. The molecule has 5 heteroatoms. The molecule has 3 aliphatic rings. The van der Waals surface area contributed by atoms with Crippen molar-refractivity contribution in [3.05, 3.63) is 34.2 Å². The molecule has 2 aliphatic heterocycles. The Labute approximate surface area is 168 Å². The molecule has 1 aromatic rings. The van der Waals surface area contributed by atoms with Crippen molar-refractivity contribution in [1.82, 2.24) is 15.1 Å². The molecular formula is C20H28BrN3O. The molecule has 3 fully saturated rings. The van der Waals surface area contributed by atoms with Gasteiger partial charge >= 0.3 is 6.03 Å². The van der Waals surface area contributed by atoms with Crippen LogP contribution in [0.25, 0.3) is 0 Å². The highest BCUT2D eigenvalue weighted by atomic mass is 79.9. The van der Waals surface area contributed by atoms with Gasteiger partial charge in [-0.05, 0) is 50.2 Å².